The van der Waals surface area contributed by atoms with Gasteiger partial charge in [-0.3, -0.25) is 10.1 Å². The van der Waals surface area contributed by atoms with Crippen molar-refractivity contribution in [3.8, 4) is 5.75 Å². The smallest absolute Gasteiger partial charge is 0.319 e. The molecule has 0 bridgehead atoms. The van der Waals surface area contributed by atoms with E-state index in [2.05, 4.69) is 5.32 Å². The van der Waals surface area contributed by atoms with Crippen LogP contribution in [0.2, 0.25) is 0 Å². The summed E-state index contributed by atoms with van der Waals surface area (Å²) < 4.78 is 5.08. The number of primary amides is 1. The third kappa shape index (κ3) is 4.59. The molecule has 0 spiro atoms. The molecule has 4 N–H and O–H groups in total. The van der Waals surface area contributed by atoms with Gasteiger partial charge in [0.05, 0.1) is 14.2 Å². The maximum absolute atomic E-state index is 11.6. The number of benzene rings is 1. The molecule has 0 aromatic heterocycles. The Morgan fingerprint density at radius 1 is 1.37 bits per heavy atom. The molecule has 2 atom stereocenters. The molecule has 104 valence electrons. The monoisotopic (exact) mass is 266 g/mol. The van der Waals surface area contributed by atoms with Gasteiger partial charge in [-0.2, -0.15) is 0 Å². The normalized spacial score (nSPS) is 13.4. The molecule has 1 aromatic rings. The minimum atomic E-state index is -0.825. The van der Waals surface area contributed by atoms with E-state index in [1.807, 2.05) is 31.3 Å². The summed E-state index contributed by atoms with van der Waals surface area (Å²) in [6.07, 6.45) is 0. The fraction of sp³-hybridized carbons (Fsp3) is 0.385. The Bertz CT molecular complexity index is 445. The third-order valence-corrected chi connectivity index (χ3v) is 3.02. The first-order valence-electron chi connectivity index (χ1n) is 5.99. The van der Waals surface area contributed by atoms with Crippen molar-refractivity contribution >= 4 is 11.9 Å². The van der Waals surface area contributed by atoms with Crippen LogP contribution < -0.4 is 20.7 Å². The number of nitrogens with one attached hydrogen (secondary N) is 2. The predicted octanol–water partition coefficient (Wildman–Crippen LogP) is -0.707. The number of imide groups is 1. The number of hydrogen-bond donors (Lipinski definition) is 3. The topological polar surface area (TPSA) is 85.9 Å². The summed E-state index contributed by atoms with van der Waals surface area (Å²) in [6.45, 7) is 2.41. The zero-order chi connectivity index (χ0) is 14.4. The molecule has 1 unspecified atom stereocenters. The molecule has 0 saturated carbocycles. The molecule has 3 amide bonds. The van der Waals surface area contributed by atoms with E-state index in [-0.39, 0.29) is 11.9 Å². The molecule has 6 heteroatoms. The Morgan fingerprint density at radius 3 is 2.42 bits per heavy atom. The number of hydrogen-bond acceptors (Lipinski definition) is 3. The van der Waals surface area contributed by atoms with Crippen molar-refractivity contribution in [2.45, 2.75) is 19.5 Å². The average Bonchev–Trinajstić information content (AvgIpc) is 2.37. The van der Waals surface area contributed by atoms with Crippen LogP contribution in [0, 0.1) is 0 Å². The van der Waals surface area contributed by atoms with Gasteiger partial charge < -0.3 is 15.4 Å². The van der Waals surface area contributed by atoms with E-state index in [0.717, 1.165) is 16.2 Å². The van der Waals surface area contributed by atoms with E-state index < -0.39 is 6.03 Å². The van der Waals surface area contributed by atoms with Crippen LogP contribution in [-0.2, 0) is 11.3 Å². The maximum Gasteiger partial charge on any atom is 0.319 e. The SMILES string of the molecule is COc1ccc(C[NH+](C)[C@H](C)C(=O)NC(N)=O)cc1. The number of carbonyl (C=O) groups is 2. The number of amides is 3. The number of likely N-dealkylation sites (N-methyl/N-ethyl adjacent to an activating group) is 1. The first-order valence-corrected chi connectivity index (χ1v) is 5.99. The molecule has 0 aliphatic rings. The molecule has 0 fully saturated rings. The minimum Gasteiger partial charge on any atom is -0.497 e. The number of urea groups is 1. The zero-order valence-electron chi connectivity index (χ0n) is 11.4. The van der Waals surface area contributed by atoms with Crippen LogP contribution in [0.25, 0.3) is 0 Å². The van der Waals surface area contributed by atoms with Gasteiger partial charge in [0.2, 0.25) is 0 Å². The highest BCUT2D eigenvalue weighted by atomic mass is 16.5. The van der Waals surface area contributed by atoms with E-state index in [0.29, 0.717) is 6.54 Å². The van der Waals surface area contributed by atoms with Crippen LogP contribution in [0.3, 0.4) is 0 Å². The van der Waals surface area contributed by atoms with Gasteiger partial charge in [0.15, 0.2) is 6.04 Å². The van der Waals surface area contributed by atoms with Crippen molar-refractivity contribution in [1.82, 2.24) is 5.32 Å². The Hall–Kier alpha value is -2.08. The quantitative estimate of drug-likeness (QED) is 0.658. The molecule has 0 saturated heterocycles. The lowest BCUT2D eigenvalue weighted by Crippen LogP contribution is -3.12. The Labute approximate surface area is 112 Å². The second-order valence-electron chi connectivity index (χ2n) is 4.45. The summed E-state index contributed by atoms with van der Waals surface area (Å²) in [4.78, 5) is 23.2. The Morgan fingerprint density at radius 2 is 1.95 bits per heavy atom. The van der Waals surface area contributed by atoms with E-state index in [4.69, 9.17) is 10.5 Å². The number of rotatable bonds is 5. The first kappa shape index (κ1) is 15.0. The average molecular weight is 266 g/mol. The van der Waals surface area contributed by atoms with Crippen LogP contribution in [0.15, 0.2) is 24.3 Å². The third-order valence-electron chi connectivity index (χ3n) is 3.02. The molecule has 1 aromatic carbocycles. The van der Waals surface area contributed by atoms with Crippen molar-refractivity contribution in [2.75, 3.05) is 14.2 Å². The molecule has 6 nitrogen and oxygen atoms in total. The second-order valence-corrected chi connectivity index (χ2v) is 4.45. The van der Waals surface area contributed by atoms with Crippen LogP contribution in [-0.4, -0.2) is 32.1 Å². The van der Waals surface area contributed by atoms with E-state index in [1.54, 1.807) is 14.0 Å². The highest BCUT2D eigenvalue weighted by Crippen LogP contribution is 2.10. The summed E-state index contributed by atoms with van der Waals surface area (Å²) in [5.41, 5.74) is 6.00. The van der Waals surface area contributed by atoms with Crippen molar-refractivity contribution in [3.63, 3.8) is 0 Å². The van der Waals surface area contributed by atoms with Gasteiger partial charge in [-0.1, -0.05) is 0 Å². The molecule has 1 rings (SSSR count). The van der Waals surface area contributed by atoms with Gasteiger partial charge in [0.25, 0.3) is 5.91 Å². The second kappa shape index (κ2) is 6.75. The fourth-order valence-electron chi connectivity index (χ4n) is 1.67. The van der Waals surface area contributed by atoms with Crippen molar-refractivity contribution < 1.29 is 19.2 Å². The van der Waals surface area contributed by atoms with Crippen molar-refractivity contribution in [1.29, 1.82) is 0 Å². The number of carbonyl (C=O) groups excluding carboxylic acids is 2. The summed E-state index contributed by atoms with van der Waals surface area (Å²) >= 11 is 0. The fourth-order valence-corrected chi connectivity index (χ4v) is 1.67. The molecular weight excluding hydrogens is 246 g/mol. The Balaban J connectivity index is 2.59. The van der Waals surface area contributed by atoms with Gasteiger partial charge in [0, 0.05) is 5.56 Å². The van der Waals surface area contributed by atoms with Crippen molar-refractivity contribution in [2.24, 2.45) is 5.73 Å². The lowest BCUT2D eigenvalue weighted by molar-refractivity contribution is -0.908. The molecule has 0 heterocycles. The lowest BCUT2D eigenvalue weighted by atomic mass is 10.2. The minimum absolute atomic E-state index is 0.366. The summed E-state index contributed by atoms with van der Waals surface area (Å²) in [6, 6.07) is 6.44. The van der Waals surface area contributed by atoms with Crippen LogP contribution in [0.4, 0.5) is 4.79 Å². The molecule has 19 heavy (non-hydrogen) atoms. The molecule has 0 aliphatic heterocycles. The highest BCUT2D eigenvalue weighted by molar-refractivity contribution is 5.95. The number of methoxy groups -OCH3 is 1. The van der Waals surface area contributed by atoms with Crippen LogP contribution in [0.5, 0.6) is 5.75 Å². The van der Waals surface area contributed by atoms with Gasteiger partial charge in [-0.05, 0) is 31.2 Å². The number of ether oxygens (including phenoxy) is 1. The first-order chi connectivity index (χ1) is 8.93. The number of quaternary nitrogens is 1. The maximum atomic E-state index is 11.6. The summed E-state index contributed by atoms with van der Waals surface area (Å²) in [5, 5.41) is 2.09. The van der Waals surface area contributed by atoms with Gasteiger partial charge in [-0.15, -0.1) is 0 Å². The van der Waals surface area contributed by atoms with Gasteiger partial charge >= 0.3 is 6.03 Å². The largest absolute Gasteiger partial charge is 0.497 e. The molecule has 0 aliphatic carbocycles. The van der Waals surface area contributed by atoms with E-state index in [9.17, 15) is 9.59 Å². The predicted molar refractivity (Wildman–Crippen MR) is 70.8 cm³/mol. The van der Waals surface area contributed by atoms with Crippen LogP contribution in [0.1, 0.15) is 12.5 Å². The molecular formula is C13H20N3O3+. The highest BCUT2D eigenvalue weighted by Gasteiger charge is 2.22. The van der Waals surface area contributed by atoms with Crippen LogP contribution >= 0.6 is 0 Å². The van der Waals surface area contributed by atoms with Gasteiger partial charge in [-0.25, -0.2) is 4.79 Å². The van der Waals surface area contributed by atoms with E-state index >= 15 is 0 Å². The standard InChI is InChI=1S/C13H19N3O3/c1-9(12(17)15-13(14)18)16(2)8-10-4-6-11(19-3)7-5-10/h4-7,9H,8H2,1-3H3,(H3,14,15,17,18)/p+1/t9-/m1/s1. The van der Waals surface area contributed by atoms with E-state index in [1.165, 1.54) is 0 Å². The number of nitrogens with two attached hydrogens (primary N) is 1. The van der Waals surface area contributed by atoms with Gasteiger partial charge in [0.1, 0.15) is 12.3 Å². The summed E-state index contributed by atoms with van der Waals surface area (Å²) in [5.74, 6) is 0.416. The summed E-state index contributed by atoms with van der Waals surface area (Å²) in [7, 11) is 3.50. The zero-order valence-corrected chi connectivity index (χ0v) is 11.4. The Kier molecular flexibility index (Phi) is 5.32. The van der Waals surface area contributed by atoms with Crippen molar-refractivity contribution in [3.05, 3.63) is 29.8 Å². The lowest BCUT2D eigenvalue weighted by Gasteiger charge is -2.20. The molecule has 0 radical (unpaired) electrons.